The normalized spacial score (nSPS) is 14.2. The van der Waals surface area contributed by atoms with E-state index in [9.17, 15) is 14.4 Å². The van der Waals surface area contributed by atoms with Crippen LogP contribution in [0.2, 0.25) is 0 Å². The summed E-state index contributed by atoms with van der Waals surface area (Å²) in [4.78, 5) is 39.3. The van der Waals surface area contributed by atoms with Gasteiger partial charge in [0.25, 0.3) is 5.91 Å². The molecule has 4 rings (SSSR count). The number of hydrogen-bond donors (Lipinski definition) is 2. The molecule has 0 bridgehead atoms. The largest absolute Gasteiger partial charge is 0.339 e. The molecule has 6 nitrogen and oxygen atoms in total. The Bertz CT molecular complexity index is 1130. The quantitative estimate of drug-likeness (QED) is 0.541. The number of nitrogens with zero attached hydrogens (tertiary/aromatic N) is 1. The zero-order chi connectivity index (χ0) is 22.5. The van der Waals surface area contributed by atoms with Crippen LogP contribution in [0, 0.1) is 5.92 Å². The van der Waals surface area contributed by atoms with Crippen LogP contribution in [-0.4, -0.2) is 35.7 Å². The van der Waals surface area contributed by atoms with Gasteiger partial charge in [0.2, 0.25) is 11.8 Å². The summed E-state index contributed by atoms with van der Waals surface area (Å²) in [5, 5.41) is 2.10. The van der Waals surface area contributed by atoms with Crippen LogP contribution in [0.5, 0.6) is 0 Å². The second kappa shape index (κ2) is 9.96. The summed E-state index contributed by atoms with van der Waals surface area (Å²) in [5.41, 5.74) is 6.64. The molecule has 1 heterocycles. The van der Waals surface area contributed by atoms with E-state index in [-0.39, 0.29) is 30.1 Å². The molecule has 0 radical (unpaired) electrons. The molecule has 0 spiro atoms. The number of benzene rings is 3. The molecular formula is C25H24BrN3O3. The summed E-state index contributed by atoms with van der Waals surface area (Å²) in [7, 11) is 0. The first-order valence-electron chi connectivity index (χ1n) is 10.6. The van der Waals surface area contributed by atoms with Crippen molar-refractivity contribution in [1.29, 1.82) is 0 Å². The molecular weight excluding hydrogens is 470 g/mol. The Kier molecular flexibility index (Phi) is 6.85. The predicted molar refractivity (Wildman–Crippen MR) is 127 cm³/mol. The van der Waals surface area contributed by atoms with Crippen molar-refractivity contribution < 1.29 is 14.4 Å². The van der Waals surface area contributed by atoms with Crippen molar-refractivity contribution in [3.05, 3.63) is 82.3 Å². The van der Waals surface area contributed by atoms with Gasteiger partial charge in [-0.2, -0.15) is 0 Å². The van der Waals surface area contributed by atoms with Gasteiger partial charge >= 0.3 is 0 Å². The summed E-state index contributed by atoms with van der Waals surface area (Å²) in [5.74, 6) is -0.744. The van der Waals surface area contributed by atoms with Crippen molar-refractivity contribution in [3.8, 4) is 0 Å². The number of carbonyl (C=O) groups excluding carboxylic acids is 3. The van der Waals surface area contributed by atoms with Gasteiger partial charge in [0.15, 0.2) is 0 Å². The lowest BCUT2D eigenvalue weighted by molar-refractivity contribution is -0.131. The van der Waals surface area contributed by atoms with E-state index >= 15 is 0 Å². The highest BCUT2D eigenvalue weighted by Crippen LogP contribution is 2.21. The second-order valence-electron chi connectivity index (χ2n) is 7.93. The number of halogens is 1. The van der Waals surface area contributed by atoms with E-state index in [0.717, 1.165) is 20.8 Å². The molecule has 1 aliphatic rings. The van der Waals surface area contributed by atoms with E-state index in [1.54, 1.807) is 17.0 Å². The molecule has 2 N–H and O–H groups in total. The molecule has 3 aromatic carbocycles. The number of amides is 3. The molecule has 0 unspecified atom stereocenters. The Morgan fingerprint density at radius 1 is 0.875 bits per heavy atom. The minimum atomic E-state index is -0.266. The Morgan fingerprint density at radius 2 is 1.56 bits per heavy atom. The first-order chi connectivity index (χ1) is 15.5. The molecule has 32 heavy (non-hydrogen) atoms. The van der Waals surface area contributed by atoms with Crippen molar-refractivity contribution in [1.82, 2.24) is 15.8 Å². The van der Waals surface area contributed by atoms with Gasteiger partial charge in [-0.25, -0.2) is 0 Å². The SMILES string of the molecule is O=C(Cc1cccc2ccccc12)NNC(=O)C1CCN(C(=O)c2ccc(Br)cc2)CC1. The summed E-state index contributed by atoms with van der Waals surface area (Å²) in [6.45, 7) is 1.02. The highest BCUT2D eigenvalue weighted by atomic mass is 79.9. The standard InChI is InChI=1S/C25H24BrN3O3/c26-21-10-8-19(9-11-21)25(32)29-14-12-18(13-15-29)24(31)28-27-23(30)16-20-6-3-5-17-4-1-2-7-22(17)20/h1-11,18H,12-16H2,(H,27,30)(H,28,31). The summed E-state index contributed by atoms with van der Waals surface area (Å²) >= 11 is 3.37. The predicted octanol–water partition coefficient (Wildman–Crippen LogP) is 3.84. The van der Waals surface area contributed by atoms with Gasteiger partial charge in [-0.05, 0) is 53.4 Å². The third kappa shape index (κ3) is 5.16. The number of rotatable bonds is 4. The molecule has 1 fully saturated rings. The summed E-state index contributed by atoms with van der Waals surface area (Å²) < 4.78 is 0.923. The first kappa shape index (κ1) is 22.0. The van der Waals surface area contributed by atoms with Crippen LogP contribution < -0.4 is 10.9 Å². The van der Waals surface area contributed by atoms with E-state index in [1.807, 2.05) is 54.6 Å². The number of fused-ring (bicyclic) bond motifs is 1. The molecule has 164 valence electrons. The van der Waals surface area contributed by atoms with Gasteiger partial charge in [0.05, 0.1) is 6.42 Å². The molecule has 1 saturated heterocycles. The van der Waals surface area contributed by atoms with Crippen LogP contribution in [0.1, 0.15) is 28.8 Å². The fourth-order valence-corrected chi connectivity index (χ4v) is 4.28. The monoisotopic (exact) mass is 493 g/mol. The van der Waals surface area contributed by atoms with Crippen molar-refractivity contribution >= 4 is 44.4 Å². The van der Waals surface area contributed by atoms with E-state index < -0.39 is 0 Å². The third-order valence-electron chi connectivity index (χ3n) is 5.80. The summed E-state index contributed by atoms with van der Waals surface area (Å²) in [6, 6.07) is 21.0. The number of nitrogens with one attached hydrogen (secondary N) is 2. The average molecular weight is 494 g/mol. The molecule has 3 amide bonds. The van der Waals surface area contributed by atoms with Crippen molar-refractivity contribution in [3.63, 3.8) is 0 Å². The smallest absolute Gasteiger partial charge is 0.253 e. The van der Waals surface area contributed by atoms with Crippen molar-refractivity contribution in [2.24, 2.45) is 5.92 Å². The van der Waals surface area contributed by atoms with Crippen LogP contribution in [0.25, 0.3) is 10.8 Å². The third-order valence-corrected chi connectivity index (χ3v) is 6.33. The topological polar surface area (TPSA) is 78.5 Å². The Balaban J connectivity index is 1.25. The highest BCUT2D eigenvalue weighted by Gasteiger charge is 2.28. The Morgan fingerprint density at radius 3 is 2.31 bits per heavy atom. The van der Waals surface area contributed by atoms with E-state index in [0.29, 0.717) is 31.5 Å². The summed E-state index contributed by atoms with van der Waals surface area (Å²) in [6.07, 6.45) is 1.31. The minimum absolute atomic E-state index is 0.0280. The van der Waals surface area contributed by atoms with Gasteiger partial charge in [-0.1, -0.05) is 58.4 Å². The van der Waals surface area contributed by atoms with Crippen LogP contribution in [0.3, 0.4) is 0 Å². The van der Waals surface area contributed by atoms with Crippen LogP contribution in [-0.2, 0) is 16.0 Å². The van der Waals surface area contributed by atoms with Gasteiger partial charge in [0.1, 0.15) is 0 Å². The van der Waals surface area contributed by atoms with Gasteiger partial charge in [-0.15, -0.1) is 0 Å². The maximum absolute atomic E-state index is 12.6. The maximum Gasteiger partial charge on any atom is 0.253 e. The minimum Gasteiger partial charge on any atom is -0.339 e. The number of likely N-dealkylation sites (tertiary alicyclic amines) is 1. The molecule has 0 atom stereocenters. The van der Waals surface area contributed by atoms with Crippen LogP contribution in [0.4, 0.5) is 0 Å². The number of hydrazine groups is 1. The average Bonchev–Trinajstić information content (AvgIpc) is 2.83. The maximum atomic E-state index is 12.6. The van der Waals surface area contributed by atoms with E-state index in [1.165, 1.54) is 0 Å². The van der Waals surface area contributed by atoms with E-state index in [2.05, 4.69) is 26.8 Å². The van der Waals surface area contributed by atoms with Crippen LogP contribution >= 0.6 is 15.9 Å². The molecule has 3 aromatic rings. The Labute approximate surface area is 195 Å². The fraction of sp³-hybridized carbons (Fsp3) is 0.240. The molecule has 7 heteroatoms. The first-order valence-corrected chi connectivity index (χ1v) is 11.4. The Hall–Kier alpha value is -3.19. The lowest BCUT2D eigenvalue weighted by Gasteiger charge is -2.31. The number of hydrogen-bond acceptors (Lipinski definition) is 3. The zero-order valence-electron chi connectivity index (χ0n) is 17.5. The van der Waals surface area contributed by atoms with Crippen LogP contribution in [0.15, 0.2) is 71.2 Å². The van der Waals surface area contributed by atoms with Gasteiger partial charge in [-0.3, -0.25) is 25.2 Å². The molecule has 0 saturated carbocycles. The highest BCUT2D eigenvalue weighted by molar-refractivity contribution is 9.10. The van der Waals surface area contributed by atoms with E-state index in [4.69, 9.17) is 0 Å². The van der Waals surface area contributed by atoms with Crippen molar-refractivity contribution in [2.45, 2.75) is 19.3 Å². The molecule has 1 aliphatic heterocycles. The number of carbonyl (C=O) groups is 3. The number of piperidine rings is 1. The molecule has 0 aliphatic carbocycles. The van der Waals surface area contributed by atoms with Gasteiger partial charge in [0, 0.05) is 29.0 Å². The zero-order valence-corrected chi connectivity index (χ0v) is 19.1. The fourth-order valence-electron chi connectivity index (χ4n) is 4.02. The second-order valence-corrected chi connectivity index (χ2v) is 8.84. The molecule has 0 aromatic heterocycles. The van der Waals surface area contributed by atoms with Gasteiger partial charge < -0.3 is 4.90 Å². The van der Waals surface area contributed by atoms with Crippen molar-refractivity contribution in [2.75, 3.05) is 13.1 Å². The lowest BCUT2D eigenvalue weighted by atomic mass is 9.95. The lowest BCUT2D eigenvalue weighted by Crippen LogP contribution is -2.48.